The first kappa shape index (κ1) is 28.2. The number of benzene rings is 1. The van der Waals surface area contributed by atoms with Gasteiger partial charge in [0.05, 0.1) is 18.5 Å². The van der Waals surface area contributed by atoms with E-state index in [1.807, 2.05) is 9.62 Å². The number of piperazine rings is 1. The van der Waals surface area contributed by atoms with Crippen molar-refractivity contribution in [3.05, 3.63) is 51.5 Å². The van der Waals surface area contributed by atoms with Gasteiger partial charge in [-0.3, -0.25) is 14.9 Å². The number of aromatic carboxylic acids is 1. The number of sulfonamides is 1. The lowest BCUT2D eigenvalue weighted by atomic mass is 10.0. The summed E-state index contributed by atoms with van der Waals surface area (Å²) in [6, 6.07) is 6.65. The standard InChI is InChI=1S/C25H28N8O6S2/c1-14-19(23(36)37)40-25(27-14)30-24-28-20-17(21(29-24)33-11-9-26-18(34)13-33)4-3-10-32(20)12-15-5-7-16(8-6-15)22(35)31-41(2,38)39/h5-8H,3-4,9-13H2,1-2H3,(H,26,34)(H,31,35)(H,36,37)(H,27,28,29,30). The van der Waals surface area contributed by atoms with Crippen LogP contribution in [0, 0.1) is 6.92 Å². The third-order valence-electron chi connectivity index (χ3n) is 6.53. The minimum atomic E-state index is -3.68. The maximum absolute atomic E-state index is 12.2. The Morgan fingerprint density at radius 2 is 1.85 bits per heavy atom. The molecular formula is C25H28N8O6S2. The Balaban J connectivity index is 1.47. The summed E-state index contributed by atoms with van der Waals surface area (Å²) in [5.74, 6) is -0.325. The van der Waals surface area contributed by atoms with Crippen LogP contribution in [0.15, 0.2) is 24.3 Å². The van der Waals surface area contributed by atoms with Gasteiger partial charge < -0.3 is 20.2 Å². The van der Waals surface area contributed by atoms with Crippen molar-refractivity contribution in [3.63, 3.8) is 0 Å². The van der Waals surface area contributed by atoms with Crippen molar-refractivity contribution in [2.45, 2.75) is 26.3 Å². The second-order valence-corrected chi connectivity index (χ2v) is 12.5. The number of hydrogen-bond acceptors (Lipinski definition) is 12. The molecule has 3 aromatic rings. The smallest absolute Gasteiger partial charge is 0.347 e. The summed E-state index contributed by atoms with van der Waals surface area (Å²) in [5, 5.41) is 15.7. The minimum Gasteiger partial charge on any atom is -0.477 e. The van der Waals surface area contributed by atoms with Gasteiger partial charge in [0.25, 0.3) is 5.91 Å². The van der Waals surface area contributed by atoms with Crippen molar-refractivity contribution in [2.24, 2.45) is 0 Å². The maximum Gasteiger partial charge on any atom is 0.347 e. The Kier molecular flexibility index (Phi) is 7.77. The zero-order valence-corrected chi connectivity index (χ0v) is 23.9. The number of aromatic nitrogens is 3. The van der Waals surface area contributed by atoms with E-state index >= 15 is 0 Å². The number of carboxylic acid groups (broad SMARTS) is 1. The predicted molar refractivity (Wildman–Crippen MR) is 152 cm³/mol. The summed E-state index contributed by atoms with van der Waals surface area (Å²) in [7, 11) is -3.68. The van der Waals surface area contributed by atoms with E-state index in [0.717, 1.165) is 35.1 Å². The zero-order valence-electron chi connectivity index (χ0n) is 22.3. The molecule has 2 aromatic heterocycles. The van der Waals surface area contributed by atoms with Crippen molar-refractivity contribution in [3.8, 4) is 0 Å². The van der Waals surface area contributed by atoms with Crippen LogP contribution in [0.1, 0.15) is 43.3 Å². The van der Waals surface area contributed by atoms with Gasteiger partial charge >= 0.3 is 5.97 Å². The van der Waals surface area contributed by atoms with Crippen molar-refractivity contribution in [1.82, 2.24) is 25.0 Å². The molecule has 4 N–H and O–H groups in total. The number of carbonyl (C=O) groups excluding carboxylic acids is 2. The fourth-order valence-electron chi connectivity index (χ4n) is 4.74. The molecule has 2 aliphatic rings. The lowest BCUT2D eigenvalue weighted by molar-refractivity contribution is -0.120. The summed E-state index contributed by atoms with van der Waals surface area (Å²) in [6.45, 7) is 3.98. The van der Waals surface area contributed by atoms with Gasteiger partial charge in [0.1, 0.15) is 16.5 Å². The van der Waals surface area contributed by atoms with E-state index in [-0.39, 0.29) is 28.8 Å². The number of carboxylic acids is 1. The summed E-state index contributed by atoms with van der Waals surface area (Å²) in [6.07, 6.45) is 2.46. The predicted octanol–water partition coefficient (Wildman–Crippen LogP) is 1.26. The van der Waals surface area contributed by atoms with Crippen LogP contribution < -0.4 is 25.2 Å². The van der Waals surface area contributed by atoms with Crippen molar-refractivity contribution < 1.29 is 27.9 Å². The van der Waals surface area contributed by atoms with Gasteiger partial charge in [-0.1, -0.05) is 23.5 Å². The highest BCUT2D eigenvalue weighted by Crippen LogP contribution is 2.35. The molecule has 5 rings (SSSR count). The van der Waals surface area contributed by atoms with Gasteiger partial charge in [-0.25, -0.2) is 22.9 Å². The van der Waals surface area contributed by atoms with Gasteiger partial charge in [0.2, 0.25) is 21.9 Å². The monoisotopic (exact) mass is 600 g/mol. The zero-order chi connectivity index (χ0) is 29.3. The molecule has 0 saturated carbocycles. The van der Waals surface area contributed by atoms with Crippen molar-refractivity contribution in [1.29, 1.82) is 0 Å². The number of nitrogens with zero attached hydrogens (tertiary/aromatic N) is 5. The molecule has 4 heterocycles. The molecule has 0 unspecified atom stereocenters. The fourth-order valence-corrected chi connectivity index (χ4v) is 6.00. The molecule has 14 nitrogen and oxygen atoms in total. The van der Waals surface area contributed by atoms with Gasteiger partial charge in [0.15, 0.2) is 5.13 Å². The number of anilines is 4. The third-order valence-corrected chi connectivity index (χ3v) is 8.15. The number of nitrogens with one attached hydrogen (secondary N) is 3. The van der Waals surface area contributed by atoms with Gasteiger partial charge in [-0.2, -0.15) is 9.97 Å². The Morgan fingerprint density at radius 3 is 2.51 bits per heavy atom. The molecule has 2 aliphatic heterocycles. The first-order chi connectivity index (χ1) is 19.5. The van der Waals surface area contributed by atoms with E-state index in [4.69, 9.17) is 9.97 Å². The number of carbonyl (C=O) groups is 3. The fraction of sp³-hybridized carbons (Fsp3) is 0.360. The van der Waals surface area contributed by atoms with Crippen LogP contribution in [0.25, 0.3) is 0 Å². The number of amides is 2. The second kappa shape index (κ2) is 11.3. The topological polar surface area (TPSA) is 187 Å². The molecule has 0 atom stereocenters. The molecule has 0 bridgehead atoms. The van der Waals surface area contributed by atoms with Crippen LogP contribution in [0.3, 0.4) is 0 Å². The molecule has 216 valence electrons. The Morgan fingerprint density at radius 1 is 1.12 bits per heavy atom. The molecule has 1 saturated heterocycles. The number of aryl methyl sites for hydroxylation is 1. The number of rotatable bonds is 8. The molecule has 2 amide bonds. The third kappa shape index (κ3) is 6.54. The molecule has 1 aromatic carbocycles. The highest BCUT2D eigenvalue weighted by atomic mass is 32.2. The van der Waals surface area contributed by atoms with Crippen LogP contribution in [0.5, 0.6) is 0 Å². The van der Waals surface area contributed by atoms with E-state index in [9.17, 15) is 27.9 Å². The Hall–Kier alpha value is -4.31. The Labute approximate surface area is 239 Å². The quantitative estimate of drug-likeness (QED) is 0.290. The molecule has 41 heavy (non-hydrogen) atoms. The highest BCUT2D eigenvalue weighted by molar-refractivity contribution is 7.89. The first-order valence-electron chi connectivity index (χ1n) is 12.7. The average molecular weight is 601 g/mol. The van der Waals surface area contributed by atoms with E-state index < -0.39 is 21.9 Å². The first-order valence-corrected chi connectivity index (χ1v) is 15.4. The van der Waals surface area contributed by atoms with Gasteiger partial charge in [0, 0.05) is 37.3 Å². The normalized spacial score (nSPS) is 15.2. The van der Waals surface area contributed by atoms with Crippen molar-refractivity contribution >= 4 is 61.9 Å². The van der Waals surface area contributed by atoms with Crippen LogP contribution >= 0.6 is 11.3 Å². The van der Waals surface area contributed by atoms with Crippen LogP contribution in [0.2, 0.25) is 0 Å². The Bertz CT molecular complexity index is 1620. The molecule has 0 spiro atoms. The molecule has 0 aliphatic carbocycles. The average Bonchev–Trinajstić information content (AvgIpc) is 3.28. The highest BCUT2D eigenvalue weighted by Gasteiger charge is 2.29. The van der Waals surface area contributed by atoms with Crippen LogP contribution in [0.4, 0.5) is 22.7 Å². The lowest BCUT2D eigenvalue weighted by Crippen LogP contribution is -2.48. The minimum absolute atomic E-state index is 0.104. The number of hydrogen-bond donors (Lipinski definition) is 4. The van der Waals surface area contributed by atoms with Gasteiger partial charge in [-0.15, -0.1) is 0 Å². The lowest BCUT2D eigenvalue weighted by Gasteiger charge is -2.35. The maximum atomic E-state index is 12.2. The largest absolute Gasteiger partial charge is 0.477 e. The number of fused-ring (bicyclic) bond motifs is 1. The summed E-state index contributed by atoms with van der Waals surface area (Å²) in [4.78, 5) is 53.9. The van der Waals surface area contributed by atoms with E-state index in [2.05, 4.69) is 20.5 Å². The summed E-state index contributed by atoms with van der Waals surface area (Å²) in [5.41, 5.74) is 2.38. The van der Waals surface area contributed by atoms with E-state index in [1.165, 1.54) is 0 Å². The van der Waals surface area contributed by atoms with E-state index in [0.29, 0.717) is 55.1 Å². The molecular weight excluding hydrogens is 572 g/mol. The van der Waals surface area contributed by atoms with Crippen LogP contribution in [-0.4, -0.2) is 78.7 Å². The number of thiazole rings is 1. The summed E-state index contributed by atoms with van der Waals surface area (Å²) < 4.78 is 24.8. The SMILES string of the molecule is Cc1nc(Nc2nc(N3CCNC(=O)C3)c3c(n2)N(Cc2ccc(C(=O)NS(C)(=O)=O)cc2)CCC3)sc1C(=O)O. The van der Waals surface area contributed by atoms with E-state index in [1.54, 1.807) is 31.2 Å². The summed E-state index contributed by atoms with van der Waals surface area (Å²) >= 11 is 0.989. The van der Waals surface area contributed by atoms with Gasteiger partial charge in [-0.05, 0) is 37.5 Å². The second-order valence-electron chi connectivity index (χ2n) is 9.73. The molecule has 0 radical (unpaired) electrons. The van der Waals surface area contributed by atoms with Crippen molar-refractivity contribution in [2.75, 3.05) is 47.6 Å². The molecule has 16 heteroatoms. The van der Waals surface area contributed by atoms with Crippen LogP contribution in [-0.2, 0) is 27.8 Å². The molecule has 1 fully saturated rings.